The van der Waals surface area contributed by atoms with Gasteiger partial charge in [0.15, 0.2) is 0 Å². The second-order valence-electron chi connectivity index (χ2n) is 15.8. The van der Waals surface area contributed by atoms with E-state index in [0.717, 1.165) is 6.42 Å². The minimum atomic E-state index is 0.346. The maximum atomic E-state index is 2.48. The standard InChI is InChI=1S/C55H39N3/c1-36-31-40(35-49-45-22-12-14-24-51(45)58(55(36)49)43-19-9-4-10-20-43)39-27-30-54-48(34-39)47-33-38(26-29-53(47)57(54)42-17-7-3-8-18-42)37-25-28-52-46(32-37)44-21-11-13-23-50(44)56(52)41-15-5-2-6-16-41/h2-30,32-36H,31H2,1H3. The average molecular weight is 742 g/mol. The first-order valence-electron chi connectivity index (χ1n) is 20.3. The Kier molecular flexibility index (Phi) is 7.27. The largest absolute Gasteiger partial charge is 0.313 e. The molecule has 0 spiro atoms. The quantitative estimate of drug-likeness (QED) is 0.167. The van der Waals surface area contributed by atoms with Crippen molar-refractivity contribution in [3.05, 3.63) is 211 Å². The summed E-state index contributed by atoms with van der Waals surface area (Å²) in [6.45, 7) is 2.39. The molecule has 1 atom stereocenters. The van der Waals surface area contributed by atoms with E-state index in [1.807, 2.05) is 0 Å². The molecule has 3 nitrogen and oxygen atoms in total. The van der Waals surface area contributed by atoms with Gasteiger partial charge in [-0.25, -0.2) is 0 Å². The number of allylic oxidation sites excluding steroid dienone is 1. The van der Waals surface area contributed by atoms with E-state index in [-0.39, 0.29) is 0 Å². The van der Waals surface area contributed by atoms with Crippen molar-refractivity contribution in [1.82, 2.24) is 13.7 Å². The topological polar surface area (TPSA) is 14.8 Å². The molecule has 0 aliphatic heterocycles. The molecular weight excluding hydrogens is 703 g/mol. The van der Waals surface area contributed by atoms with Gasteiger partial charge in [0.05, 0.1) is 27.6 Å². The molecule has 12 rings (SSSR count). The number of hydrogen-bond acceptors (Lipinski definition) is 0. The van der Waals surface area contributed by atoms with Gasteiger partial charge in [0.1, 0.15) is 0 Å². The fourth-order valence-electron chi connectivity index (χ4n) is 9.90. The molecule has 58 heavy (non-hydrogen) atoms. The van der Waals surface area contributed by atoms with Gasteiger partial charge in [-0.2, -0.15) is 0 Å². The number of aromatic nitrogens is 3. The predicted molar refractivity (Wildman–Crippen MR) is 245 cm³/mol. The zero-order chi connectivity index (χ0) is 38.3. The van der Waals surface area contributed by atoms with Crippen molar-refractivity contribution in [3.63, 3.8) is 0 Å². The van der Waals surface area contributed by atoms with Crippen LogP contribution in [0.2, 0.25) is 0 Å². The fourth-order valence-corrected chi connectivity index (χ4v) is 9.90. The van der Waals surface area contributed by atoms with Crippen molar-refractivity contribution < 1.29 is 0 Å². The summed E-state index contributed by atoms with van der Waals surface area (Å²) < 4.78 is 7.30. The van der Waals surface area contributed by atoms with Gasteiger partial charge in [-0.15, -0.1) is 0 Å². The summed E-state index contributed by atoms with van der Waals surface area (Å²) in [6.07, 6.45) is 3.45. The van der Waals surface area contributed by atoms with Gasteiger partial charge >= 0.3 is 0 Å². The number of benzene rings is 8. The Labute approximate surface area is 337 Å². The van der Waals surface area contributed by atoms with E-state index in [1.165, 1.54) is 105 Å². The maximum Gasteiger partial charge on any atom is 0.0541 e. The molecule has 8 aromatic carbocycles. The first-order valence-corrected chi connectivity index (χ1v) is 20.3. The van der Waals surface area contributed by atoms with Crippen molar-refractivity contribution >= 4 is 66.2 Å². The molecule has 11 aromatic rings. The van der Waals surface area contributed by atoms with Gasteiger partial charge in [-0.1, -0.05) is 116 Å². The molecule has 1 aliphatic rings. The molecule has 0 fully saturated rings. The van der Waals surface area contributed by atoms with Crippen LogP contribution in [0.15, 0.2) is 194 Å². The summed E-state index contributed by atoms with van der Waals surface area (Å²) in [5, 5.41) is 6.36. The lowest BCUT2D eigenvalue weighted by molar-refractivity contribution is 0.733. The minimum absolute atomic E-state index is 0.346. The molecule has 0 saturated heterocycles. The third-order valence-corrected chi connectivity index (χ3v) is 12.4. The van der Waals surface area contributed by atoms with Gasteiger partial charge in [-0.05, 0) is 120 Å². The molecule has 1 unspecified atom stereocenters. The molecule has 3 heteroatoms. The van der Waals surface area contributed by atoms with Crippen LogP contribution in [0.5, 0.6) is 0 Å². The summed E-state index contributed by atoms with van der Waals surface area (Å²) in [5.41, 5.74) is 17.5. The first kappa shape index (κ1) is 32.8. The Balaban J connectivity index is 1.04. The monoisotopic (exact) mass is 741 g/mol. The van der Waals surface area contributed by atoms with Crippen LogP contribution in [0.3, 0.4) is 0 Å². The lowest BCUT2D eigenvalue weighted by Gasteiger charge is -2.24. The van der Waals surface area contributed by atoms with E-state index in [0.29, 0.717) is 5.92 Å². The zero-order valence-electron chi connectivity index (χ0n) is 32.2. The highest BCUT2D eigenvalue weighted by atomic mass is 15.0. The Bertz CT molecular complexity index is 3420. The van der Waals surface area contributed by atoms with Gasteiger partial charge in [-0.3, -0.25) is 0 Å². The lowest BCUT2D eigenvalue weighted by atomic mass is 9.84. The van der Waals surface area contributed by atoms with E-state index in [2.05, 4.69) is 221 Å². The minimum Gasteiger partial charge on any atom is -0.313 e. The van der Waals surface area contributed by atoms with Crippen LogP contribution in [-0.2, 0) is 0 Å². The van der Waals surface area contributed by atoms with Gasteiger partial charge in [0, 0.05) is 61.2 Å². The maximum absolute atomic E-state index is 2.48. The molecule has 0 N–H and O–H groups in total. The second-order valence-corrected chi connectivity index (χ2v) is 15.8. The fraction of sp³-hybridized carbons (Fsp3) is 0.0545. The van der Waals surface area contributed by atoms with Crippen molar-refractivity contribution in [2.24, 2.45) is 0 Å². The van der Waals surface area contributed by atoms with E-state index >= 15 is 0 Å². The van der Waals surface area contributed by atoms with Crippen LogP contribution in [0, 0.1) is 0 Å². The van der Waals surface area contributed by atoms with Gasteiger partial charge in [0.25, 0.3) is 0 Å². The molecule has 0 radical (unpaired) electrons. The molecule has 3 aromatic heterocycles. The SMILES string of the molecule is CC1CC(c2ccc3c(c2)c2cc(-c4ccc5c(c4)c4ccccc4n5-c4ccccc4)ccc2n3-c2ccccc2)=Cc2c1n(-c1ccccc1)c1ccccc21. The number of fused-ring (bicyclic) bond motifs is 9. The second kappa shape index (κ2) is 12.8. The van der Waals surface area contributed by atoms with E-state index in [1.54, 1.807) is 0 Å². The third-order valence-electron chi connectivity index (χ3n) is 12.4. The van der Waals surface area contributed by atoms with Crippen molar-refractivity contribution in [2.45, 2.75) is 19.3 Å². The molecule has 0 saturated carbocycles. The van der Waals surface area contributed by atoms with Crippen LogP contribution < -0.4 is 0 Å². The Morgan fingerprint density at radius 1 is 0.362 bits per heavy atom. The lowest BCUT2D eigenvalue weighted by Crippen LogP contribution is -2.09. The Hall–Kier alpha value is -7.36. The smallest absolute Gasteiger partial charge is 0.0541 e. The Morgan fingerprint density at radius 3 is 1.31 bits per heavy atom. The third kappa shape index (κ3) is 4.93. The van der Waals surface area contributed by atoms with Crippen molar-refractivity contribution in [3.8, 4) is 28.2 Å². The highest BCUT2D eigenvalue weighted by molar-refractivity contribution is 6.13. The van der Waals surface area contributed by atoms with Gasteiger partial charge in [0.2, 0.25) is 0 Å². The number of hydrogen-bond donors (Lipinski definition) is 0. The van der Waals surface area contributed by atoms with Crippen LogP contribution in [0.4, 0.5) is 0 Å². The van der Waals surface area contributed by atoms with Crippen LogP contribution in [0.1, 0.15) is 36.1 Å². The highest BCUT2D eigenvalue weighted by Gasteiger charge is 2.27. The number of rotatable bonds is 5. The molecule has 1 aliphatic carbocycles. The zero-order valence-corrected chi connectivity index (χ0v) is 32.2. The molecular formula is C55H39N3. The molecule has 274 valence electrons. The van der Waals surface area contributed by atoms with Crippen molar-refractivity contribution in [1.29, 1.82) is 0 Å². The molecule has 0 bridgehead atoms. The summed E-state index contributed by atoms with van der Waals surface area (Å²) in [6, 6.07) is 71.1. The van der Waals surface area contributed by atoms with Crippen LogP contribution in [-0.4, -0.2) is 13.7 Å². The summed E-state index contributed by atoms with van der Waals surface area (Å²) in [7, 11) is 0. The summed E-state index contributed by atoms with van der Waals surface area (Å²) in [5.74, 6) is 0.346. The van der Waals surface area contributed by atoms with E-state index in [4.69, 9.17) is 0 Å². The van der Waals surface area contributed by atoms with E-state index < -0.39 is 0 Å². The number of nitrogens with zero attached hydrogens (tertiary/aromatic N) is 3. The van der Waals surface area contributed by atoms with Crippen LogP contribution >= 0.6 is 0 Å². The molecule has 3 heterocycles. The summed E-state index contributed by atoms with van der Waals surface area (Å²) in [4.78, 5) is 0. The first-order chi connectivity index (χ1) is 28.7. The van der Waals surface area contributed by atoms with Gasteiger partial charge < -0.3 is 13.7 Å². The average Bonchev–Trinajstić information content (AvgIpc) is 3.92. The van der Waals surface area contributed by atoms with Crippen LogP contribution in [0.25, 0.3) is 94.4 Å². The van der Waals surface area contributed by atoms with E-state index in [9.17, 15) is 0 Å². The Morgan fingerprint density at radius 2 is 0.759 bits per heavy atom. The molecule has 0 amide bonds. The summed E-state index contributed by atoms with van der Waals surface area (Å²) >= 11 is 0. The number of para-hydroxylation sites is 5. The van der Waals surface area contributed by atoms with Crippen molar-refractivity contribution in [2.75, 3.05) is 0 Å². The normalized spacial score (nSPS) is 14.2. The highest BCUT2D eigenvalue weighted by Crippen LogP contribution is 2.45. The predicted octanol–water partition coefficient (Wildman–Crippen LogP) is 14.5.